The molecule has 1 aliphatic rings. The summed E-state index contributed by atoms with van der Waals surface area (Å²) < 4.78 is 0. The molecule has 0 N–H and O–H groups in total. The Morgan fingerprint density at radius 3 is 2.79 bits per heavy atom. The van der Waals surface area contributed by atoms with Crippen LogP contribution in [0.2, 0.25) is 0 Å². The predicted octanol–water partition coefficient (Wildman–Crippen LogP) is 1.93. The number of anilines is 1. The molecule has 1 fully saturated rings. The zero-order chi connectivity index (χ0) is 14.0. The fourth-order valence-electron chi connectivity index (χ4n) is 2.21. The molecule has 1 heterocycles. The van der Waals surface area contributed by atoms with E-state index in [-0.39, 0.29) is 17.7 Å². The highest BCUT2D eigenvalue weighted by molar-refractivity contribution is 5.99. The third kappa shape index (κ3) is 2.67. The number of carbonyl (C=O) groups excluding carboxylic acids is 2. The van der Waals surface area contributed by atoms with Gasteiger partial charge in [0.05, 0.1) is 0 Å². The van der Waals surface area contributed by atoms with E-state index in [9.17, 15) is 9.59 Å². The lowest BCUT2D eigenvalue weighted by molar-refractivity contribution is -0.117. The van der Waals surface area contributed by atoms with Crippen LogP contribution in [0.25, 0.3) is 0 Å². The average Bonchev–Trinajstić information content (AvgIpc) is 2.79. The normalized spacial score (nSPS) is 18.5. The van der Waals surface area contributed by atoms with Crippen LogP contribution >= 0.6 is 0 Å². The third-order valence-corrected chi connectivity index (χ3v) is 3.30. The van der Waals surface area contributed by atoms with Crippen LogP contribution in [-0.2, 0) is 4.79 Å². The van der Waals surface area contributed by atoms with E-state index in [0.29, 0.717) is 18.5 Å². The molecule has 0 spiro atoms. The molecule has 1 atom stereocenters. The number of carbonyl (C=O) groups is 2. The zero-order valence-corrected chi connectivity index (χ0v) is 11.3. The van der Waals surface area contributed by atoms with E-state index < -0.39 is 0 Å². The number of benzene rings is 1. The van der Waals surface area contributed by atoms with Gasteiger partial charge in [0, 0.05) is 44.2 Å². The Morgan fingerprint density at radius 2 is 2.21 bits per heavy atom. The minimum Gasteiger partial charge on any atom is -0.345 e. The van der Waals surface area contributed by atoms with E-state index in [1.165, 1.54) is 4.90 Å². The third-order valence-electron chi connectivity index (χ3n) is 3.30. The first-order valence-corrected chi connectivity index (χ1v) is 6.27. The highest BCUT2D eigenvalue weighted by Crippen LogP contribution is 2.26. The lowest BCUT2D eigenvalue weighted by atomic mass is 10.1. The molecule has 100 valence electrons. The van der Waals surface area contributed by atoms with Crippen molar-refractivity contribution < 1.29 is 9.59 Å². The Hall–Kier alpha value is -2.10. The topological polar surface area (TPSA) is 40.6 Å². The van der Waals surface area contributed by atoms with Gasteiger partial charge in [0.25, 0.3) is 5.91 Å². The highest BCUT2D eigenvalue weighted by atomic mass is 16.2. The smallest absolute Gasteiger partial charge is 0.253 e. The fourth-order valence-corrected chi connectivity index (χ4v) is 2.21. The molecule has 0 saturated carbocycles. The predicted molar refractivity (Wildman–Crippen MR) is 75.1 cm³/mol. The first-order valence-electron chi connectivity index (χ1n) is 6.27. The molecule has 1 aliphatic heterocycles. The Kier molecular flexibility index (Phi) is 3.69. The van der Waals surface area contributed by atoms with Crippen LogP contribution in [0.5, 0.6) is 0 Å². The Bertz CT molecular complexity index is 523. The molecule has 1 aromatic carbocycles. The van der Waals surface area contributed by atoms with Crippen molar-refractivity contribution in [1.29, 1.82) is 0 Å². The van der Waals surface area contributed by atoms with Gasteiger partial charge in [0.1, 0.15) is 0 Å². The molecule has 0 radical (unpaired) electrons. The molecule has 1 aromatic rings. The molecule has 19 heavy (non-hydrogen) atoms. The molecule has 2 rings (SSSR count). The molecular weight excluding hydrogens is 240 g/mol. The summed E-state index contributed by atoms with van der Waals surface area (Å²) in [7, 11) is 3.42. The van der Waals surface area contributed by atoms with Gasteiger partial charge in [0.15, 0.2) is 0 Å². The van der Waals surface area contributed by atoms with E-state index >= 15 is 0 Å². The summed E-state index contributed by atoms with van der Waals surface area (Å²) >= 11 is 0. The summed E-state index contributed by atoms with van der Waals surface area (Å²) in [4.78, 5) is 27.1. The quantitative estimate of drug-likeness (QED) is 0.777. The monoisotopic (exact) mass is 258 g/mol. The second-order valence-corrected chi connectivity index (χ2v) is 4.95. The number of rotatable bonds is 3. The highest BCUT2D eigenvalue weighted by Gasteiger charge is 2.28. The van der Waals surface area contributed by atoms with Crippen LogP contribution in [0.15, 0.2) is 36.9 Å². The van der Waals surface area contributed by atoms with Crippen LogP contribution in [-0.4, -0.2) is 37.4 Å². The summed E-state index contributed by atoms with van der Waals surface area (Å²) in [6.45, 7) is 4.38. The van der Waals surface area contributed by atoms with E-state index in [1.54, 1.807) is 37.2 Å². The maximum absolute atomic E-state index is 11.9. The Morgan fingerprint density at radius 1 is 1.47 bits per heavy atom. The largest absolute Gasteiger partial charge is 0.345 e. The number of amides is 2. The maximum Gasteiger partial charge on any atom is 0.253 e. The van der Waals surface area contributed by atoms with Crippen molar-refractivity contribution in [2.24, 2.45) is 5.92 Å². The summed E-state index contributed by atoms with van der Waals surface area (Å²) in [6, 6.07) is 7.19. The van der Waals surface area contributed by atoms with Crippen LogP contribution in [0, 0.1) is 5.92 Å². The van der Waals surface area contributed by atoms with Crippen molar-refractivity contribution in [3.8, 4) is 0 Å². The lowest BCUT2D eigenvalue weighted by Crippen LogP contribution is -2.26. The maximum atomic E-state index is 11.9. The van der Waals surface area contributed by atoms with Gasteiger partial charge in [-0.15, -0.1) is 6.58 Å². The summed E-state index contributed by atoms with van der Waals surface area (Å²) in [5, 5.41) is 0. The molecule has 0 aliphatic carbocycles. The molecule has 0 bridgehead atoms. The SMILES string of the molecule is C=CC1CC(=O)N(c2cccc(C(=O)N(C)C)c2)C1. The molecule has 4 heteroatoms. The van der Waals surface area contributed by atoms with Crippen LogP contribution in [0.4, 0.5) is 5.69 Å². The minimum absolute atomic E-state index is 0.0613. The van der Waals surface area contributed by atoms with Crippen molar-refractivity contribution >= 4 is 17.5 Å². The number of hydrogen-bond donors (Lipinski definition) is 0. The molecule has 1 unspecified atom stereocenters. The Balaban J connectivity index is 2.27. The second kappa shape index (κ2) is 5.26. The summed E-state index contributed by atoms with van der Waals surface area (Å²) in [6.07, 6.45) is 2.31. The van der Waals surface area contributed by atoms with Gasteiger partial charge in [0.2, 0.25) is 5.91 Å². The average molecular weight is 258 g/mol. The van der Waals surface area contributed by atoms with Crippen LogP contribution in [0.1, 0.15) is 16.8 Å². The zero-order valence-electron chi connectivity index (χ0n) is 11.3. The molecule has 4 nitrogen and oxygen atoms in total. The van der Waals surface area contributed by atoms with E-state index in [2.05, 4.69) is 6.58 Å². The lowest BCUT2D eigenvalue weighted by Gasteiger charge is -2.18. The van der Waals surface area contributed by atoms with Gasteiger partial charge in [-0.25, -0.2) is 0 Å². The van der Waals surface area contributed by atoms with Gasteiger partial charge >= 0.3 is 0 Å². The molecule has 0 aromatic heterocycles. The van der Waals surface area contributed by atoms with Crippen molar-refractivity contribution in [2.45, 2.75) is 6.42 Å². The minimum atomic E-state index is -0.0613. The van der Waals surface area contributed by atoms with Gasteiger partial charge in [-0.1, -0.05) is 12.1 Å². The standard InChI is InChI=1S/C15H18N2O2/c1-4-11-8-14(18)17(10-11)13-7-5-6-12(9-13)15(19)16(2)3/h4-7,9,11H,1,8,10H2,2-3H3. The number of hydrogen-bond acceptors (Lipinski definition) is 2. The van der Waals surface area contributed by atoms with Crippen LogP contribution in [0.3, 0.4) is 0 Å². The van der Waals surface area contributed by atoms with Gasteiger partial charge in [-0.2, -0.15) is 0 Å². The van der Waals surface area contributed by atoms with Gasteiger partial charge < -0.3 is 9.80 Å². The molecule has 1 saturated heterocycles. The van der Waals surface area contributed by atoms with Crippen molar-refractivity contribution in [2.75, 3.05) is 25.5 Å². The first kappa shape index (κ1) is 13.3. The van der Waals surface area contributed by atoms with E-state index in [1.807, 2.05) is 12.1 Å². The van der Waals surface area contributed by atoms with Crippen molar-refractivity contribution in [3.63, 3.8) is 0 Å². The summed E-state index contributed by atoms with van der Waals surface area (Å²) in [5.41, 5.74) is 1.37. The van der Waals surface area contributed by atoms with Gasteiger partial charge in [-0.3, -0.25) is 9.59 Å². The number of nitrogens with zero attached hydrogens (tertiary/aromatic N) is 2. The second-order valence-electron chi connectivity index (χ2n) is 4.95. The van der Waals surface area contributed by atoms with Gasteiger partial charge in [-0.05, 0) is 18.2 Å². The fraction of sp³-hybridized carbons (Fsp3) is 0.333. The van der Waals surface area contributed by atoms with Crippen LogP contribution < -0.4 is 4.90 Å². The summed E-state index contributed by atoms with van der Waals surface area (Å²) in [5.74, 6) is 0.217. The van der Waals surface area contributed by atoms with Crippen molar-refractivity contribution in [1.82, 2.24) is 4.90 Å². The Labute approximate surface area is 113 Å². The molecular formula is C15H18N2O2. The van der Waals surface area contributed by atoms with E-state index in [0.717, 1.165) is 5.69 Å². The molecule has 2 amide bonds. The van der Waals surface area contributed by atoms with Crippen molar-refractivity contribution in [3.05, 3.63) is 42.5 Å². The van der Waals surface area contributed by atoms with E-state index in [4.69, 9.17) is 0 Å². The first-order chi connectivity index (χ1) is 9.02.